The van der Waals surface area contributed by atoms with E-state index < -0.39 is 0 Å². The van der Waals surface area contributed by atoms with Crippen LogP contribution in [0.25, 0.3) is 0 Å². The van der Waals surface area contributed by atoms with E-state index >= 15 is 0 Å². The van der Waals surface area contributed by atoms with Crippen LogP contribution in [0.4, 0.5) is 0 Å². The minimum atomic E-state index is 0.256. The molecule has 0 spiro atoms. The molecule has 1 aliphatic rings. The number of rotatable bonds is 5. The smallest absolute Gasteiger partial charge is 0.166 e. The first-order valence-electron chi connectivity index (χ1n) is 7.20. The molecule has 0 radical (unpaired) electrons. The summed E-state index contributed by atoms with van der Waals surface area (Å²) in [6.45, 7) is 6.65. The first-order chi connectivity index (χ1) is 9.04. The fraction of sp³-hybridized carbons (Fsp3) is 0.562. The quantitative estimate of drug-likeness (QED) is 0.804. The van der Waals surface area contributed by atoms with Gasteiger partial charge in [-0.2, -0.15) is 0 Å². The highest BCUT2D eigenvalue weighted by Gasteiger charge is 2.22. The highest BCUT2D eigenvalue weighted by Crippen LogP contribution is 2.19. The Labute approximate surface area is 122 Å². The molecule has 0 heterocycles. The number of benzene rings is 1. The van der Waals surface area contributed by atoms with E-state index in [-0.39, 0.29) is 6.04 Å². The van der Waals surface area contributed by atoms with Gasteiger partial charge in [0.2, 0.25) is 0 Å². The average Bonchev–Trinajstić information content (AvgIpc) is 3.12. The van der Waals surface area contributed by atoms with Gasteiger partial charge in [-0.1, -0.05) is 38.1 Å². The summed E-state index contributed by atoms with van der Waals surface area (Å²) in [7, 11) is 0. The Morgan fingerprint density at radius 1 is 1.21 bits per heavy atom. The zero-order valence-electron chi connectivity index (χ0n) is 12.1. The lowest BCUT2D eigenvalue weighted by atomic mass is 10.00. The lowest BCUT2D eigenvalue weighted by molar-refractivity contribution is 0.646. The second kappa shape index (κ2) is 6.38. The fourth-order valence-electron chi connectivity index (χ4n) is 2.15. The zero-order chi connectivity index (χ0) is 13.8. The molecule has 0 unspecified atom stereocenters. The van der Waals surface area contributed by atoms with E-state index in [0.29, 0.717) is 12.0 Å². The van der Waals surface area contributed by atoms with Crippen molar-refractivity contribution in [2.24, 2.45) is 5.92 Å². The van der Waals surface area contributed by atoms with Crippen molar-refractivity contribution in [3.63, 3.8) is 0 Å². The van der Waals surface area contributed by atoms with Crippen molar-refractivity contribution < 1.29 is 0 Å². The van der Waals surface area contributed by atoms with Crippen molar-refractivity contribution in [1.29, 1.82) is 0 Å². The van der Waals surface area contributed by atoms with Crippen LogP contribution in [0, 0.1) is 5.92 Å². The highest BCUT2D eigenvalue weighted by molar-refractivity contribution is 7.80. The van der Waals surface area contributed by atoms with Gasteiger partial charge in [-0.05, 0) is 55.4 Å². The molecular weight excluding hydrogens is 252 g/mol. The van der Waals surface area contributed by atoms with Crippen LogP contribution in [-0.2, 0) is 6.42 Å². The van der Waals surface area contributed by atoms with E-state index in [0.717, 1.165) is 11.5 Å². The predicted octanol–water partition coefficient (Wildman–Crippen LogP) is 3.57. The lowest BCUT2D eigenvalue weighted by Crippen LogP contribution is -2.37. The molecular formula is C16H24N2S. The molecule has 1 atom stereocenters. The van der Waals surface area contributed by atoms with E-state index in [2.05, 4.69) is 55.7 Å². The largest absolute Gasteiger partial charge is 0.360 e. The molecule has 1 fully saturated rings. The van der Waals surface area contributed by atoms with Crippen molar-refractivity contribution in [1.82, 2.24) is 10.6 Å². The second-order valence-corrected chi connectivity index (χ2v) is 6.36. The molecule has 1 aliphatic carbocycles. The Balaban J connectivity index is 1.87. The first-order valence-corrected chi connectivity index (χ1v) is 7.61. The normalized spacial score (nSPS) is 16.2. The van der Waals surface area contributed by atoms with Gasteiger partial charge in [-0.15, -0.1) is 0 Å². The third kappa shape index (κ3) is 4.83. The third-order valence-electron chi connectivity index (χ3n) is 3.38. The number of hydrogen-bond donors (Lipinski definition) is 2. The number of hydrogen-bond acceptors (Lipinski definition) is 1. The minimum Gasteiger partial charge on any atom is -0.360 e. The maximum atomic E-state index is 5.31. The summed E-state index contributed by atoms with van der Waals surface area (Å²) in [6, 6.07) is 9.73. The van der Waals surface area contributed by atoms with Gasteiger partial charge in [-0.3, -0.25) is 0 Å². The van der Waals surface area contributed by atoms with Crippen molar-refractivity contribution in [2.75, 3.05) is 0 Å². The Morgan fingerprint density at radius 3 is 2.37 bits per heavy atom. The SMILES string of the molecule is CC(C)Cc1ccc([C@@H](C)NC(=S)NC2CC2)cc1. The van der Waals surface area contributed by atoms with Crippen LogP contribution in [0.1, 0.15) is 50.8 Å². The molecule has 0 amide bonds. The van der Waals surface area contributed by atoms with Crippen molar-refractivity contribution in [3.05, 3.63) is 35.4 Å². The van der Waals surface area contributed by atoms with Crippen molar-refractivity contribution in [2.45, 2.75) is 52.1 Å². The molecule has 0 bridgehead atoms. The van der Waals surface area contributed by atoms with Gasteiger partial charge >= 0.3 is 0 Å². The molecule has 0 aromatic heterocycles. The standard InChI is InChI=1S/C16H24N2S/c1-11(2)10-13-4-6-14(7-5-13)12(3)17-16(19)18-15-8-9-15/h4-7,11-12,15H,8-10H2,1-3H3,(H2,17,18,19)/t12-/m1/s1. The zero-order valence-corrected chi connectivity index (χ0v) is 12.9. The molecule has 1 saturated carbocycles. The van der Waals surface area contributed by atoms with Gasteiger partial charge in [0.25, 0.3) is 0 Å². The maximum absolute atomic E-state index is 5.31. The lowest BCUT2D eigenvalue weighted by Gasteiger charge is -2.17. The average molecular weight is 276 g/mol. The van der Waals surface area contributed by atoms with E-state index in [1.165, 1.54) is 24.0 Å². The molecule has 0 saturated heterocycles. The molecule has 104 valence electrons. The van der Waals surface area contributed by atoms with E-state index in [1.807, 2.05) is 0 Å². The van der Waals surface area contributed by atoms with Gasteiger partial charge in [-0.25, -0.2) is 0 Å². The molecule has 1 aromatic carbocycles. The summed E-state index contributed by atoms with van der Waals surface area (Å²) in [6.07, 6.45) is 3.64. The van der Waals surface area contributed by atoms with Crippen LogP contribution < -0.4 is 10.6 Å². The third-order valence-corrected chi connectivity index (χ3v) is 3.62. The van der Waals surface area contributed by atoms with Gasteiger partial charge in [0.1, 0.15) is 0 Å². The fourth-order valence-corrected chi connectivity index (χ4v) is 2.49. The van der Waals surface area contributed by atoms with Gasteiger partial charge < -0.3 is 10.6 Å². The monoisotopic (exact) mass is 276 g/mol. The Hall–Kier alpha value is -1.09. The molecule has 19 heavy (non-hydrogen) atoms. The molecule has 1 aromatic rings. The van der Waals surface area contributed by atoms with Gasteiger partial charge in [0.15, 0.2) is 5.11 Å². The number of nitrogens with one attached hydrogen (secondary N) is 2. The van der Waals surface area contributed by atoms with Crippen LogP contribution in [0.5, 0.6) is 0 Å². The topological polar surface area (TPSA) is 24.1 Å². The summed E-state index contributed by atoms with van der Waals surface area (Å²) in [4.78, 5) is 0. The van der Waals surface area contributed by atoms with Crippen molar-refractivity contribution >= 4 is 17.3 Å². The van der Waals surface area contributed by atoms with E-state index in [9.17, 15) is 0 Å². The van der Waals surface area contributed by atoms with Crippen LogP contribution in [0.2, 0.25) is 0 Å². The minimum absolute atomic E-state index is 0.256. The van der Waals surface area contributed by atoms with E-state index in [1.54, 1.807) is 0 Å². The molecule has 2 nitrogen and oxygen atoms in total. The predicted molar refractivity (Wildman–Crippen MR) is 85.3 cm³/mol. The molecule has 2 N–H and O–H groups in total. The Morgan fingerprint density at radius 2 is 1.84 bits per heavy atom. The number of thiocarbonyl (C=S) groups is 1. The summed E-state index contributed by atoms with van der Waals surface area (Å²) in [5.41, 5.74) is 2.69. The highest BCUT2D eigenvalue weighted by atomic mass is 32.1. The summed E-state index contributed by atoms with van der Waals surface area (Å²) in [5.74, 6) is 0.705. The first kappa shape index (κ1) is 14.3. The van der Waals surface area contributed by atoms with Crippen LogP contribution in [0.15, 0.2) is 24.3 Å². The Kier molecular flexibility index (Phi) is 4.81. The summed E-state index contributed by atoms with van der Waals surface area (Å²) in [5, 5.41) is 7.44. The summed E-state index contributed by atoms with van der Waals surface area (Å²) < 4.78 is 0. The Bertz CT molecular complexity index is 421. The summed E-state index contributed by atoms with van der Waals surface area (Å²) >= 11 is 5.31. The molecule has 2 rings (SSSR count). The molecule has 3 heteroatoms. The van der Waals surface area contributed by atoms with Crippen LogP contribution in [0.3, 0.4) is 0 Å². The second-order valence-electron chi connectivity index (χ2n) is 5.95. The van der Waals surface area contributed by atoms with Gasteiger partial charge in [0.05, 0.1) is 6.04 Å². The molecule has 0 aliphatic heterocycles. The van der Waals surface area contributed by atoms with E-state index in [4.69, 9.17) is 12.2 Å². The van der Waals surface area contributed by atoms with Crippen LogP contribution >= 0.6 is 12.2 Å². The van der Waals surface area contributed by atoms with Crippen LogP contribution in [-0.4, -0.2) is 11.2 Å². The van der Waals surface area contributed by atoms with Gasteiger partial charge in [0, 0.05) is 6.04 Å². The maximum Gasteiger partial charge on any atom is 0.166 e. The van der Waals surface area contributed by atoms with Crippen molar-refractivity contribution in [3.8, 4) is 0 Å².